The van der Waals surface area contributed by atoms with Crippen LogP contribution in [0.5, 0.6) is 0 Å². The maximum Gasteiger partial charge on any atom is 0.320 e. The molecule has 5 nitrogen and oxygen atoms in total. The zero-order chi connectivity index (χ0) is 15.2. The number of hydrogen-bond acceptors (Lipinski definition) is 4. The van der Waals surface area contributed by atoms with E-state index in [1.807, 2.05) is 19.1 Å². The van der Waals surface area contributed by atoms with Crippen molar-refractivity contribution in [1.29, 1.82) is 0 Å². The highest BCUT2D eigenvalue weighted by atomic mass is 35.5. The largest absolute Gasteiger partial charge is 0.480 e. The lowest BCUT2D eigenvalue weighted by Crippen LogP contribution is -2.36. The Hall–Kier alpha value is -1.56. The fourth-order valence-corrected chi connectivity index (χ4v) is 2.07. The summed E-state index contributed by atoms with van der Waals surface area (Å²) in [6.07, 6.45) is 2.91. The van der Waals surface area contributed by atoms with Crippen molar-refractivity contribution in [2.45, 2.75) is 32.4 Å². The van der Waals surface area contributed by atoms with E-state index in [-0.39, 0.29) is 12.4 Å². The third-order valence-electron chi connectivity index (χ3n) is 3.05. The Morgan fingerprint density at radius 3 is 2.68 bits per heavy atom. The van der Waals surface area contributed by atoms with Crippen LogP contribution in [0.4, 0.5) is 0 Å². The summed E-state index contributed by atoms with van der Waals surface area (Å²) in [7, 11) is 0. The number of nitrogens with one attached hydrogen (secondary N) is 1. The quantitative estimate of drug-likeness (QED) is 0.799. The van der Waals surface area contributed by atoms with Crippen molar-refractivity contribution in [2.75, 3.05) is 0 Å². The zero-order valence-electron chi connectivity index (χ0n) is 12.1. The first-order chi connectivity index (χ1) is 10.1. The van der Waals surface area contributed by atoms with Gasteiger partial charge in [-0.2, -0.15) is 0 Å². The normalized spacial score (nSPS) is 11.7. The second-order valence-corrected chi connectivity index (χ2v) is 5.15. The fourth-order valence-electron chi connectivity index (χ4n) is 1.94. The maximum absolute atomic E-state index is 11.1. The number of carboxylic acids is 1. The molecule has 0 radical (unpaired) electrons. The van der Waals surface area contributed by atoms with E-state index in [9.17, 15) is 4.79 Å². The summed E-state index contributed by atoms with van der Waals surface area (Å²) >= 11 is 5.83. The number of aromatic nitrogens is 1. The summed E-state index contributed by atoms with van der Waals surface area (Å²) in [4.78, 5) is 15.4. The summed E-state index contributed by atoms with van der Waals surface area (Å²) < 4.78 is 5.40. The molecule has 1 aromatic carbocycles. The lowest BCUT2D eigenvalue weighted by atomic mass is 10.1. The minimum absolute atomic E-state index is 0. The van der Waals surface area contributed by atoms with Crippen LogP contribution in [0.2, 0.25) is 5.02 Å². The Bertz CT molecular complexity index is 599. The smallest absolute Gasteiger partial charge is 0.320 e. The Labute approximate surface area is 140 Å². The Kier molecular flexibility index (Phi) is 7.38. The van der Waals surface area contributed by atoms with Crippen LogP contribution >= 0.6 is 24.0 Å². The Balaban J connectivity index is 0.00000242. The van der Waals surface area contributed by atoms with E-state index in [1.165, 1.54) is 6.26 Å². The highest BCUT2D eigenvalue weighted by Gasteiger charge is 2.16. The number of halogens is 2. The SMILES string of the molecule is CCCC(NCc1coc(-c2ccc(Cl)cc2)n1)C(=O)O.Cl. The molecule has 0 aliphatic heterocycles. The van der Waals surface area contributed by atoms with Crippen LogP contribution in [0, 0.1) is 0 Å². The van der Waals surface area contributed by atoms with Crippen LogP contribution in [0.15, 0.2) is 34.9 Å². The molecule has 0 saturated carbocycles. The topological polar surface area (TPSA) is 75.4 Å². The van der Waals surface area contributed by atoms with Gasteiger partial charge in [0.2, 0.25) is 5.89 Å². The minimum Gasteiger partial charge on any atom is -0.480 e. The van der Waals surface area contributed by atoms with E-state index in [0.29, 0.717) is 29.6 Å². The number of carbonyl (C=O) groups is 1. The van der Waals surface area contributed by atoms with Crippen LogP contribution in [0.3, 0.4) is 0 Å². The molecule has 0 saturated heterocycles. The van der Waals surface area contributed by atoms with Gasteiger partial charge in [0.15, 0.2) is 0 Å². The van der Waals surface area contributed by atoms with Gasteiger partial charge in [-0.1, -0.05) is 24.9 Å². The predicted octanol–water partition coefficient (Wildman–Crippen LogP) is 3.76. The molecule has 1 heterocycles. The molecule has 2 N–H and O–H groups in total. The molecular formula is C15H18Cl2N2O3. The lowest BCUT2D eigenvalue weighted by Gasteiger charge is -2.11. The van der Waals surface area contributed by atoms with Gasteiger partial charge in [0.1, 0.15) is 12.3 Å². The molecule has 22 heavy (non-hydrogen) atoms. The number of aliphatic carboxylic acids is 1. The van der Waals surface area contributed by atoms with Gasteiger partial charge in [-0.15, -0.1) is 12.4 Å². The molecule has 0 fully saturated rings. The molecule has 1 atom stereocenters. The van der Waals surface area contributed by atoms with Gasteiger partial charge >= 0.3 is 5.97 Å². The van der Waals surface area contributed by atoms with Crippen molar-refractivity contribution < 1.29 is 14.3 Å². The first kappa shape index (κ1) is 18.5. The Morgan fingerprint density at radius 2 is 2.09 bits per heavy atom. The number of oxazole rings is 1. The minimum atomic E-state index is -0.849. The molecule has 1 aromatic heterocycles. The molecule has 0 aliphatic rings. The molecule has 0 spiro atoms. The maximum atomic E-state index is 11.1. The van der Waals surface area contributed by atoms with Crippen molar-refractivity contribution in [1.82, 2.24) is 10.3 Å². The van der Waals surface area contributed by atoms with Gasteiger partial charge in [0.25, 0.3) is 0 Å². The van der Waals surface area contributed by atoms with E-state index < -0.39 is 12.0 Å². The van der Waals surface area contributed by atoms with Gasteiger partial charge in [-0.25, -0.2) is 4.98 Å². The third kappa shape index (κ3) is 5.02. The Morgan fingerprint density at radius 1 is 1.41 bits per heavy atom. The van der Waals surface area contributed by atoms with Crippen LogP contribution in [0.1, 0.15) is 25.5 Å². The van der Waals surface area contributed by atoms with Crippen molar-refractivity contribution >= 4 is 30.0 Å². The van der Waals surface area contributed by atoms with Crippen LogP contribution in [-0.4, -0.2) is 22.1 Å². The van der Waals surface area contributed by atoms with Crippen molar-refractivity contribution in [3.63, 3.8) is 0 Å². The third-order valence-corrected chi connectivity index (χ3v) is 3.30. The van der Waals surface area contributed by atoms with E-state index >= 15 is 0 Å². The molecule has 7 heteroatoms. The summed E-state index contributed by atoms with van der Waals surface area (Å²) in [6, 6.07) is 6.61. The van der Waals surface area contributed by atoms with E-state index in [4.69, 9.17) is 21.1 Å². The summed E-state index contributed by atoms with van der Waals surface area (Å²) in [6.45, 7) is 2.31. The molecule has 2 aromatic rings. The van der Waals surface area contributed by atoms with Crippen LogP contribution < -0.4 is 5.32 Å². The predicted molar refractivity (Wildman–Crippen MR) is 87.4 cm³/mol. The van der Waals surface area contributed by atoms with E-state index in [2.05, 4.69) is 10.3 Å². The van der Waals surface area contributed by atoms with Gasteiger partial charge < -0.3 is 9.52 Å². The monoisotopic (exact) mass is 344 g/mol. The summed E-state index contributed by atoms with van der Waals surface area (Å²) in [5, 5.41) is 12.7. The molecule has 0 bridgehead atoms. The number of benzene rings is 1. The molecule has 1 unspecified atom stereocenters. The molecule has 0 aliphatic carbocycles. The molecule has 120 valence electrons. The van der Waals surface area contributed by atoms with Gasteiger partial charge in [-0.05, 0) is 30.7 Å². The molecular weight excluding hydrogens is 327 g/mol. The van der Waals surface area contributed by atoms with Gasteiger partial charge in [-0.3, -0.25) is 10.1 Å². The summed E-state index contributed by atoms with van der Waals surface area (Å²) in [5.41, 5.74) is 1.50. The number of rotatable bonds is 7. The van der Waals surface area contributed by atoms with Crippen molar-refractivity contribution in [2.24, 2.45) is 0 Å². The highest BCUT2D eigenvalue weighted by Crippen LogP contribution is 2.20. The van der Waals surface area contributed by atoms with Gasteiger partial charge in [0, 0.05) is 17.1 Å². The summed E-state index contributed by atoms with van der Waals surface area (Å²) in [5.74, 6) is -0.357. The first-order valence-corrected chi connectivity index (χ1v) is 7.14. The number of carboxylic acid groups (broad SMARTS) is 1. The molecule has 0 amide bonds. The second-order valence-electron chi connectivity index (χ2n) is 4.71. The van der Waals surface area contributed by atoms with E-state index in [0.717, 1.165) is 12.0 Å². The zero-order valence-corrected chi connectivity index (χ0v) is 13.7. The first-order valence-electron chi connectivity index (χ1n) is 6.76. The van der Waals surface area contributed by atoms with Gasteiger partial charge in [0.05, 0.1) is 5.69 Å². The average molecular weight is 345 g/mol. The van der Waals surface area contributed by atoms with Crippen molar-refractivity contribution in [3.05, 3.63) is 41.2 Å². The number of nitrogens with zero attached hydrogens (tertiary/aromatic N) is 1. The van der Waals surface area contributed by atoms with Crippen LogP contribution in [0.25, 0.3) is 11.5 Å². The van der Waals surface area contributed by atoms with Crippen molar-refractivity contribution in [3.8, 4) is 11.5 Å². The van der Waals surface area contributed by atoms with E-state index in [1.54, 1.807) is 12.1 Å². The number of hydrogen-bond donors (Lipinski definition) is 2. The fraction of sp³-hybridized carbons (Fsp3) is 0.333. The second kappa shape index (κ2) is 8.78. The van der Waals surface area contributed by atoms with Crippen LogP contribution in [-0.2, 0) is 11.3 Å². The standard InChI is InChI=1S/C15H17ClN2O3.ClH/c1-2-3-13(15(19)20)17-8-12-9-21-14(18-12)10-4-6-11(16)7-5-10;/h4-7,9,13,17H,2-3,8H2,1H3,(H,19,20);1H. The lowest BCUT2D eigenvalue weighted by molar-refractivity contribution is -0.139. The average Bonchev–Trinajstić information content (AvgIpc) is 2.92. The highest BCUT2D eigenvalue weighted by molar-refractivity contribution is 6.30. The molecule has 2 rings (SSSR count).